The Balaban J connectivity index is 1.56. The lowest BCUT2D eigenvalue weighted by atomic mass is 10.2. The van der Waals surface area contributed by atoms with Crippen LogP contribution in [-0.2, 0) is 11.4 Å². The zero-order chi connectivity index (χ0) is 23.5. The second-order valence-corrected chi connectivity index (χ2v) is 10.7. The van der Waals surface area contributed by atoms with Crippen molar-refractivity contribution in [2.24, 2.45) is 0 Å². The van der Waals surface area contributed by atoms with Crippen molar-refractivity contribution in [2.75, 3.05) is 12.0 Å². The largest absolute Gasteiger partial charge is 0.495 e. The zero-order valence-corrected chi connectivity index (χ0v) is 23.1. The molecule has 0 aliphatic carbocycles. The van der Waals surface area contributed by atoms with E-state index in [1.807, 2.05) is 36.4 Å². The minimum absolute atomic E-state index is 0.354. The molecule has 1 saturated heterocycles. The van der Waals surface area contributed by atoms with E-state index in [1.54, 1.807) is 30.3 Å². The summed E-state index contributed by atoms with van der Waals surface area (Å²) in [7, 11) is 1.51. The Kier molecular flexibility index (Phi) is 7.87. The van der Waals surface area contributed by atoms with Gasteiger partial charge in [0.1, 0.15) is 18.1 Å². The number of hydrogen-bond acceptors (Lipinski definition) is 5. The topological polar surface area (TPSA) is 55.8 Å². The third kappa shape index (κ3) is 5.50. The first-order valence-electron chi connectivity index (χ1n) is 9.64. The fourth-order valence-corrected chi connectivity index (χ4v) is 6.27. The van der Waals surface area contributed by atoms with E-state index >= 15 is 0 Å². The summed E-state index contributed by atoms with van der Waals surface area (Å²) >= 11 is 11.3. The number of rotatable bonds is 6. The molecule has 0 bridgehead atoms. The summed E-state index contributed by atoms with van der Waals surface area (Å²) in [5.41, 5.74) is 2.26. The third-order valence-corrected chi connectivity index (χ3v) is 7.46. The van der Waals surface area contributed by atoms with E-state index in [1.165, 1.54) is 7.11 Å². The Hall–Kier alpha value is -1.76. The smallest absolute Gasteiger partial charge is 0.298 e. The quantitative estimate of drug-likeness (QED) is 0.198. The maximum absolute atomic E-state index is 13.0. The van der Waals surface area contributed by atoms with Gasteiger partial charge in [-0.2, -0.15) is 0 Å². The molecule has 0 spiro atoms. The Labute approximate surface area is 227 Å². The molecule has 4 rings (SSSR count). The van der Waals surface area contributed by atoms with Gasteiger partial charge in [-0.15, -0.1) is 0 Å². The molecule has 33 heavy (non-hydrogen) atoms. The summed E-state index contributed by atoms with van der Waals surface area (Å²) in [6.45, 7) is 0.417. The molecule has 9 heteroatoms. The number of nitrogens with zero attached hydrogens (tertiary/aromatic N) is 1. The van der Waals surface area contributed by atoms with Gasteiger partial charge in [-0.1, -0.05) is 35.9 Å². The Bertz CT molecular complexity index is 1240. The number of carbonyl (C=O) groups is 2. The number of thioether (sulfide) groups is 1. The number of benzene rings is 3. The maximum Gasteiger partial charge on any atom is 0.298 e. The summed E-state index contributed by atoms with van der Waals surface area (Å²) in [6.07, 6.45) is 1.73. The molecule has 0 unspecified atom stereocenters. The molecule has 1 fully saturated rings. The fraction of sp³-hybridized carbons (Fsp3) is 0.0833. The number of amides is 2. The predicted molar refractivity (Wildman–Crippen MR) is 149 cm³/mol. The highest BCUT2D eigenvalue weighted by Gasteiger charge is 2.37. The number of imide groups is 1. The molecule has 1 aliphatic heterocycles. The lowest BCUT2D eigenvalue weighted by Gasteiger charge is -2.15. The molecule has 3 aromatic carbocycles. The van der Waals surface area contributed by atoms with Crippen LogP contribution in [-0.4, -0.2) is 18.3 Å². The van der Waals surface area contributed by atoms with Crippen LogP contribution in [0.3, 0.4) is 0 Å². The van der Waals surface area contributed by atoms with Crippen molar-refractivity contribution in [1.29, 1.82) is 0 Å². The third-order valence-electron chi connectivity index (χ3n) is 4.73. The van der Waals surface area contributed by atoms with Gasteiger partial charge in [-0.25, -0.2) is 4.90 Å². The number of carbonyl (C=O) groups excluding carboxylic acids is 2. The fourth-order valence-electron chi connectivity index (χ4n) is 3.18. The highest BCUT2D eigenvalue weighted by Crippen LogP contribution is 2.40. The average molecular weight is 704 g/mol. The molecule has 0 saturated carbocycles. The first-order chi connectivity index (χ1) is 15.9. The Morgan fingerprint density at radius 3 is 2.36 bits per heavy atom. The van der Waals surface area contributed by atoms with Crippen LogP contribution in [0.15, 0.2) is 65.6 Å². The van der Waals surface area contributed by atoms with Crippen LogP contribution in [0.2, 0.25) is 5.02 Å². The number of ether oxygens (including phenoxy) is 2. The highest BCUT2D eigenvalue weighted by atomic mass is 127. The van der Waals surface area contributed by atoms with Crippen molar-refractivity contribution >= 4 is 91.5 Å². The average Bonchev–Trinajstić information content (AvgIpc) is 3.07. The molecule has 1 aliphatic rings. The number of anilines is 1. The van der Waals surface area contributed by atoms with Gasteiger partial charge in [0.2, 0.25) is 0 Å². The lowest BCUT2D eigenvalue weighted by Crippen LogP contribution is -2.28. The first-order valence-corrected chi connectivity index (χ1v) is 13.0. The molecular weight excluding hydrogens is 688 g/mol. The van der Waals surface area contributed by atoms with Crippen LogP contribution >= 0.6 is 68.5 Å². The summed E-state index contributed by atoms with van der Waals surface area (Å²) in [4.78, 5) is 27.2. The van der Waals surface area contributed by atoms with Crippen molar-refractivity contribution in [2.45, 2.75) is 6.61 Å². The summed E-state index contributed by atoms with van der Waals surface area (Å²) in [5, 5.41) is 0.324. The van der Waals surface area contributed by atoms with E-state index in [9.17, 15) is 9.59 Å². The highest BCUT2D eigenvalue weighted by molar-refractivity contribution is 14.1. The number of hydrogen-bond donors (Lipinski definition) is 0. The molecule has 5 nitrogen and oxygen atoms in total. The van der Waals surface area contributed by atoms with Gasteiger partial charge in [0.25, 0.3) is 11.1 Å². The van der Waals surface area contributed by atoms with E-state index in [-0.39, 0.29) is 11.1 Å². The van der Waals surface area contributed by atoms with Crippen LogP contribution in [0, 0.1) is 7.14 Å². The lowest BCUT2D eigenvalue weighted by molar-refractivity contribution is -0.113. The monoisotopic (exact) mass is 703 g/mol. The van der Waals surface area contributed by atoms with Gasteiger partial charge in [0, 0.05) is 5.02 Å². The van der Waals surface area contributed by atoms with Gasteiger partial charge < -0.3 is 9.47 Å². The molecule has 2 amide bonds. The SMILES string of the molecule is COc1ccccc1N1C(=O)S/C(=C\c2cc(I)c(OCc3ccc(Cl)cc3)c(I)c2)C1=O. The van der Waals surface area contributed by atoms with Crippen molar-refractivity contribution in [3.8, 4) is 11.5 Å². The summed E-state index contributed by atoms with van der Waals surface area (Å²) < 4.78 is 13.2. The zero-order valence-electron chi connectivity index (χ0n) is 17.2. The van der Waals surface area contributed by atoms with Gasteiger partial charge in [-0.05, 0) is 111 Å². The van der Waals surface area contributed by atoms with Crippen molar-refractivity contribution in [3.63, 3.8) is 0 Å². The second-order valence-electron chi connectivity index (χ2n) is 6.92. The first kappa shape index (κ1) is 24.4. The molecule has 3 aromatic rings. The molecular formula is C24H16ClI2NO4S. The molecule has 0 atom stereocenters. The molecule has 0 aromatic heterocycles. The van der Waals surface area contributed by atoms with E-state index in [0.29, 0.717) is 28.0 Å². The van der Waals surface area contributed by atoms with Crippen molar-refractivity contribution in [1.82, 2.24) is 0 Å². The standard InChI is InChI=1S/C24H16ClI2NO4S/c1-31-20-5-3-2-4-19(20)28-23(29)21(33-24(28)30)12-15-10-17(26)22(18(27)11-15)32-13-14-6-8-16(25)9-7-14/h2-12H,13H2,1H3/b21-12-. The molecule has 168 valence electrons. The van der Waals surface area contributed by atoms with Crippen LogP contribution in [0.1, 0.15) is 11.1 Å². The predicted octanol–water partition coefficient (Wildman–Crippen LogP) is 7.38. The number of para-hydroxylation sites is 2. The number of halogens is 3. The van der Waals surface area contributed by atoms with Crippen molar-refractivity contribution in [3.05, 3.63) is 88.9 Å². The second kappa shape index (κ2) is 10.7. The molecule has 1 heterocycles. The summed E-state index contributed by atoms with van der Waals surface area (Å²) in [5.74, 6) is 0.861. The van der Waals surface area contributed by atoms with E-state index in [0.717, 1.165) is 40.7 Å². The Morgan fingerprint density at radius 2 is 1.70 bits per heavy atom. The van der Waals surface area contributed by atoms with Gasteiger partial charge >= 0.3 is 0 Å². The van der Waals surface area contributed by atoms with E-state index in [2.05, 4.69) is 45.2 Å². The number of methoxy groups -OCH3 is 1. The Morgan fingerprint density at radius 1 is 1.03 bits per heavy atom. The van der Waals surface area contributed by atoms with Gasteiger partial charge in [-0.3, -0.25) is 9.59 Å². The van der Waals surface area contributed by atoms with Crippen LogP contribution in [0.4, 0.5) is 10.5 Å². The minimum Gasteiger partial charge on any atom is -0.495 e. The van der Waals surface area contributed by atoms with Crippen molar-refractivity contribution < 1.29 is 19.1 Å². The van der Waals surface area contributed by atoms with E-state index in [4.69, 9.17) is 21.1 Å². The van der Waals surface area contributed by atoms with Gasteiger partial charge in [0.15, 0.2) is 0 Å². The minimum atomic E-state index is -0.373. The summed E-state index contributed by atoms with van der Waals surface area (Å²) in [6, 6.07) is 18.3. The molecule has 0 radical (unpaired) electrons. The van der Waals surface area contributed by atoms with Gasteiger partial charge in [0.05, 0.1) is 24.8 Å². The normalized spacial score (nSPS) is 14.8. The maximum atomic E-state index is 13.0. The van der Waals surface area contributed by atoms with Crippen LogP contribution in [0.5, 0.6) is 11.5 Å². The molecule has 0 N–H and O–H groups in total. The van der Waals surface area contributed by atoms with Crippen LogP contribution in [0.25, 0.3) is 6.08 Å². The van der Waals surface area contributed by atoms with E-state index < -0.39 is 0 Å². The van der Waals surface area contributed by atoms with Crippen LogP contribution < -0.4 is 14.4 Å².